The number of hydrogen-bond acceptors (Lipinski definition) is 3. The van der Waals surface area contributed by atoms with E-state index in [4.69, 9.17) is 0 Å². The van der Waals surface area contributed by atoms with Crippen LogP contribution in [0.5, 0.6) is 0 Å². The van der Waals surface area contributed by atoms with Crippen molar-refractivity contribution in [1.29, 1.82) is 0 Å². The lowest BCUT2D eigenvalue weighted by Gasteiger charge is -2.41. The molecule has 3 nitrogen and oxygen atoms in total. The smallest absolute Gasteiger partial charge is 0.152 e. The molecule has 4 heteroatoms. The molecule has 3 rings (SSSR count). The molecule has 0 radical (unpaired) electrons. The van der Waals surface area contributed by atoms with Crippen molar-refractivity contribution in [3.8, 4) is 0 Å². The minimum Gasteiger partial charge on any atom is -0.355 e. The van der Waals surface area contributed by atoms with Crippen LogP contribution in [0, 0.1) is 5.41 Å². The number of anilines is 1. The summed E-state index contributed by atoms with van der Waals surface area (Å²) >= 11 is 3.30. The monoisotopic (exact) mass is 266 g/mol. The second kappa shape index (κ2) is 3.04. The lowest BCUT2D eigenvalue weighted by atomic mass is 9.97. The van der Waals surface area contributed by atoms with Gasteiger partial charge in [-0.15, -0.1) is 0 Å². The first-order valence-corrected chi connectivity index (χ1v) is 5.88. The average Bonchev–Trinajstić information content (AvgIpc) is 2.95. The Morgan fingerprint density at radius 2 is 2.13 bits per heavy atom. The van der Waals surface area contributed by atoms with E-state index in [0.717, 1.165) is 25.2 Å². The van der Waals surface area contributed by atoms with Crippen molar-refractivity contribution in [3.63, 3.8) is 0 Å². The molecule has 0 N–H and O–H groups in total. The topological polar surface area (TPSA) is 33.2 Å². The molecule has 0 aromatic carbocycles. The van der Waals surface area contributed by atoms with E-state index in [1.165, 1.54) is 12.8 Å². The molecule has 78 valence electrons. The van der Waals surface area contributed by atoms with Gasteiger partial charge in [0.2, 0.25) is 0 Å². The van der Waals surface area contributed by atoms with Gasteiger partial charge in [0.1, 0.15) is 10.4 Å². The second-order valence-corrected chi connectivity index (χ2v) is 5.27. The molecule has 1 aliphatic carbocycles. The number of rotatable bonds is 2. The van der Waals surface area contributed by atoms with Crippen LogP contribution in [0.1, 0.15) is 23.2 Å². The normalized spacial score (nSPS) is 21.3. The first kappa shape index (κ1) is 9.33. The molecule has 0 atom stereocenters. The van der Waals surface area contributed by atoms with Crippen LogP contribution in [0.15, 0.2) is 16.7 Å². The van der Waals surface area contributed by atoms with E-state index >= 15 is 0 Å². The number of halogens is 1. The highest BCUT2D eigenvalue weighted by atomic mass is 79.9. The minimum atomic E-state index is 0.611. The summed E-state index contributed by atoms with van der Waals surface area (Å²) in [4.78, 5) is 17.3. The van der Waals surface area contributed by atoms with E-state index in [1.54, 1.807) is 0 Å². The van der Waals surface area contributed by atoms with Crippen LogP contribution >= 0.6 is 15.9 Å². The van der Waals surface area contributed by atoms with Gasteiger partial charge in [-0.1, -0.05) is 0 Å². The van der Waals surface area contributed by atoms with E-state index in [-0.39, 0.29) is 0 Å². The van der Waals surface area contributed by atoms with Crippen LogP contribution in [0.2, 0.25) is 0 Å². The number of aldehydes is 1. The number of aromatic nitrogens is 1. The summed E-state index contributed by atoms with van der Waals surface area (Å²) in [5.74, 6) is 0.977. The Kier molecular flexibility index (Phi) is 1.89. The van der Waals surface area contributed by atoms with Gasteiger partial charge in [-0.25, -0.2) is 4.98 Å². The Bertz CT molecular complexity index is 421. The van der Waals surface area contributed by atoms with Crippen LogP contribution in [-0.2, 0) is 0 Å². The summed E-state index contributed by atoms with van der Waals surface area (Å²) in [6, 6.07) is 3.74. The summed E-state index contributed by atoms with van der Waals surface area (Å²) < 4.78 is 0.645. The van der Waals surface area contributed by atoms with Crippen molar-refractivity contribution in [2.45, 2.75) is 12.8 Å². The highest BCUT2D eigenvalue weighted by Crippen LogP contribution is 2.53. The fraction of sp³-hybridized carbons (Fsp3) is 0.455. The Labute approximate surface area is 96.6 Å². The third-order valence-electron chi connectivity index (χ3n) is 3.32. The Balaban J connectivity index is 1.81. The molecule has 1 aromatic rings. The number of carbonyl (C=O) groups excluding carboxylic acids is 1. The minimum absolute atomic E-state index is 0.611. The predicted molar refractivity (Wildman–Crippen MR) is 61.2 cm³/mol. The maximum atomic E-state index is 10.6. The fourth-order valence-corrected chi connectivity index (χ4v) is 2.53. The quantitative estimate of drug-likeness (QED) is 0.608. The van der Waals surface area contributed by atoms with Crippen LogP contribution in [0.3, 0.4) is 0 Å². The summed E-state index contributed by atoms with van der Waals surface area (Å²) in [7, 11) is 0. The zero-order valence-corrected chi connectivity index (χ0v) is 9.83. The Hall–Kier alpha value is -0.900. The summed E-state index contributed by atoms with van der Waals surface area (Å²) in [6.07, 6.45) is 3.56. The third kappa shape index (κ3) is 1.47. The number of pyridine rings is 1. The molecule has 2 aliphatic rings. The van der Waals surface area contributed by atoms with Crippen LogP contribution in [0.4, 0.5) is 5.82 Å². The van der Waals surface area contributed by atoms with E-state index in [9.17, 15) is 4.79 Å². The molecule has 2 fully saturated rings. The highest BCUT2D eigenvalue weighted by molar-refractivity contribution is 9.10. The summed E-state index contributed by atoms with van der Waals surface area (Å²) in [6.45, 7) is 2.26. The average molecular weight is 267 g/mol. The van der Waals surface area contributed by atoms with Gasteiger partial charge in [0.15, 0.2) is 6.29 Å². The van der Waals surface area contributed by atoms with E-state index in [1.807, 2.05) is 12.1 Å². The second-order valence-electron chi connectivity index (χ2n) is 4.52. The largest absolute Gasteiger partial charge is 0.355 e. The maximum Gasteiger partial charge on any atom is 0.152 e. The van der Waals surface area contributed by atoms with E-state index in [2.05, 4.69) is 25.8 Å². The molecule has 0 bridgehead atoms. The molecule has 2 heterocycles. The molecule has 15 heavy (non-hydrogen) atoms. The van der Waals surface area contributed by atoms with Crippen molar-refractivity contribution >= 4 is 28.0 Å². The lowest BCUT2D eigenvalue weighted by Crippen LogP contribution is -2.48. The highest BCUT2D eigenvalue weighted by Gasteiger charge is 2.52. The van der Waals surface area contributed by atoms with Crippen molar-refractivity contribution < 1.29 is 4.79 Å². The van der Waals surface area contributed by atoms with Gasteiger partial charge in [-0.3, -0.25) is 4.79 Å². The van der Waals surface area contributed by atoms with Crippen LogP contribution in [-0.4, -0.2) is 24.4 Å². The molecule has 1 aromatic heterocycles. The first-order valence-electron chi connectivity index (χ1n) is 5.09. The van der Waals surface area contributed by atoms with Gasteiger partial charge in [0.05, 0.1) is 0 Å². The van der Waals surface area contributed by atoms with Crippen LogP contribution in [0.25, 0.3) is 0 Å². The molecule has 1 saturated carbocycles. The van der Waals surface area contributed by atoms with Crippen molar-refractivity contribution in [1.82, 2.24) is 4.98 Å². The van der Waals surface area contributed by atoms with Gasteiger partial charge in [0, 0.05) is 24.1 Å². The van der Waals surface area contributed by atoms with Gasteiger partial charge in [-0.2, -0.15) is 0 Å². The summed E-state index contributed by atoms with van der Waals surface area (Å²) in [5.41, 5.74) is 1.25. The molecule has 1 saturated heterocycles. The maximum absolute atomic E-state index is 10.6. The Morgan fingerprint density at radius 3 is 2.67 bits per heavy atom. The Morgan fingerprint density at radius 1 is 1.40 bits per heavy atom. The zero-order chi connectivity index (χ0) is 10.5. The molecule has 1 aliphatic heterocycles. The molecule has 1 spiro atoms. The van der Waals surface area contributed by atoms with E-state index in [0.29, 0.717) is 15.6 Å². The molecule has 0 unspecified atom stereocenters. The number of carbonyl (C=O) groups is 1. The zero-order valence-electron chi connectivity index (χ0n) is 8.24. The molecular weight excluding hydrogens is 256 g/mol. The first-order chi connectivity index (χ1) is 7.22. The number of nitrogens with zero attached hydrogens (tertiary/aromatic N) is 2. The summed E-state index contributed by atoms with van der Waals surface area (Å²) in [5, 5.41) is 0. The molecular formula is C11H11BrN2O. The van der Waals surface area contributed by atoms with Crippen LogP contribution < -0.4 is 4.90 Å². The van der Waals surface area contributed by atoms with Gasteiger partial charge < -0.3 is 4.90 Å². The van der Waals surface area contributed by atoms with Crippen molar-refractivity contribution in [3.05, 3.63) is 22.3 Å². The molecule has 0 amide bonds. The third-order valence-corrected chi connectivity index (χ3v) is 3.96. The SMILES string of the molecule is O=Cc1ccc(N2CC3(CC3)C2)nc1Br. The van der Waals surface area contributed by atoms with Gasteiger partial charge in [-0.05, 0) is 40.9 Å². The van der Waals surface area contributed by atoms with Gasteiger partial charge in [0.25, 0.3) is 0 Å². The van der Waals surface area contributed by atoms with Gasteiger partial charge >= 0.3 is 0 Å². The standard InChI is InChI=1S/C11H11BrN2O/c12-10-8(5-15)1-2-9(13-10)14-6-11(7-14)3-4-11/h1-2,5H,3-4,6-7H2. The fourth-order valence-electron chi connectivity index (χ4n) is 2.12. The van der Waals surface area contributed by atoms with E-state index < -0.39 is 0 Å². The van der Waals surface area contributed by atoms with Crippen molar-refractivity contribution in [2.75, 3.05) is 18.0 Å². The predicted octanol–water partition coefficient (Wildman–Crippen LogP) is 2.26. The number of hydrogen-bond donors (Lipinski definition) is 0. The lowest BCUT2D eigenvalue weighted by molar-refractivity contribution is 0.112. The van der Waals surface area contributed by atoms with Crippen molar-refractivity contribution in [2.24, 2.45) is 5.41 Å².